The maximum atomic E-state index is 12.3. The average Bonchev–Trinajstić information content (AvgIpc) is 2.77. The number of fused-ring (bicyclic) bond motifs is 3. The minimum absolute atomic E-state index is 0.122. The van der Waals surface area contributed by atoms with Gasteiger partial charge in [-0.2, -0.15) is 0 Å². The minimum Gasteiger partial charge on any atom is -0.493 e. The summed E-state index contributed by atoms with van der Waals surface area (Å²) in [5, 5.41) is 0. The predicted octanol–water partition coefficient (Wildman–Crippen LogP) is 2.55. The number of rotatable bonds is 2. The van der Waals surface area contributed by atoms with Crippen molar-refractivity contribution >= 4 is 17.4 Å². The zero-order chi connectivity index (χ0) is 12.7. The summed E-state index contributed by atoms with van der Waals surface area (Å²) in [6.07, 6.45) is 3.76. The third kappa shape index (κ3) is 1.34. The van der Waals surface area contributed by atoms with Gasteiger partial charge in [0.1, 0.15) is 0 Å². The van der Waals surface area contributed by atoms with E-state index in [1.165, 1.54) is 14.2 Å². The van der Waals surface area contributed by atoms with Crippen molar-refractivity contribution in [1.82, 2.24) is 0 Å². The van der Waals surface area contributed by atoms with Gasteiger partial charge in [-0.05, 0) is 28.9 Å². The van der Waals surface area contributed by atoms with Crippen LogP contribution in [0, 0.1) is 0 Å². The monoisotopic (exact) mass is 240 g/mol. The fraction of sp³-hybridized carbons (Fsp3) is 0.133. The Morgan fingerprint density at radius 1 is 0.944 bits per heavy atom. The van der Waals surface area contributed by atoms with Gasteiger partial charge in [-0.15, -0.1) is 0 Å². The van der Waals surface area contributed by atoms with Crippen molar-refractivity contribution in [3.05, 3.63) is 58.6 Å². The summed E-state index contributed by atoms with van der Waals surface area (Å²) in [5.41, 5.74) is 3.70. The molecule has 0 atom stereocenters. The van der Waals surface area contributed by atoms with Gasteiger partial charge in [-0.25, -0.2) is 0 Å². The lowest BCUT2D eigenvalue weighted by Gasteiger charge is -2.17. The Labute approximate surface area is 105 Å². The van der Waals surface area contributed by atoms with E-state index in [1.54, 1.807) is 0 Å². The molecule has 0 N–H and O–H groups in total. The summed E-state index contributed by atoms with van der Waals surface area (Å²) >= 11 is 0. The van der Waals surface area contributed by atoms with Crippen LogP contribution in [0.2, 0.25) is 0 Å². The van der Waals surface area contributed by atoms with E-state index in [0.717, 1.165) is 16.7 Å². The Bertz CT molecular complexity index is 633. The van der Waals surface area contributed by atoms with E-state index >= 15 is 0 Å². The Balaban J connectivity index is 2.22. The molecule has 2 aliphatic rings. The molecule has 3 heteroatoms. The normalized spacial score (nSPS) is 16.9. The number of benzene rings is 1. The van der Waals surface area contributed by atoms with Gasteiger partial charge in [0.25, 0.3) is 0 Å². The van der Waals surface area contributed by atoms with Crippen LogP contribution in [0.3, 0.4) is 0 Å². The first-order chi connectivity index (χ1) is 8.76. The number of methoxy groups -OCH3 is 2. The number of carbonyl (C=O) groups excluding carboxylic acids is 1. The van der Waals surface area contributed by atoms with Crippen LogP contribution in [0.5, 0.6) is 0 Å². The van der Waals surface area contributed by atoms with Crippen molar-refractivity contribution in [2.24, 2.45) is 0 Å². The van der Waals surface area contributed by atoms with Crippen LogP contribution < -0.4 is 0 Å². The third-order valence-electron chi connectivity index (χ3n) is 3.22. The summed E-state index contributed by atoms with van der Waals surface area (Å²) in [6.45, 7) is 0. The maximum absolute atomic E-state index is 12.3. The average molecular weight is 240 g/mol. The molecule has 90 valence electrons. The molecular weight excluding hydrogens is 228 g/mol. The Hall–Kier alpha value is -2.29. The quantitative estimate of drug-likeness (QED) is 0.797. The SMILES string of the molecule is COC1=C(OC)C(=O)C2=Cc3ccccc3C2=C1. The van der Waals surface area contributed by atoms with E-state index in [0.29, 0.717) is 11.3 Å². The van der Waals surface area contributed by atoms with Gasteiger partial charge in [0.15, 0.2) is 5.76 Å². The van der Waals surface area contributed by atoms with Crippen molar-refractivity contribution in [2.45, 2.75) is 0 Å². The molecule has 1 aromatic rings. The molecule has 0 saturated carbocycles. The number of carbonyl (C=O) groups is 1. The van der Waals surface area contributed by atoms with Gasteiger partial charge < -0.3 is 9.47 Å². The fourth-order valence-electron chi connectivity index (χ4n) is 2.37. The van der Waals surface area contributed by atoms with E-state index in [4.69, 9.17) is 9.47 Å². The van der Waals surface area contributed by atoms with E-state index in [-0.39, 0.29) is 11.5 Å². The van der Waals surface area contributed by atoms with Gasteiger partial charge >= 0.3 is 0 Å². The van der Waals surface area contributed by atoms with Crippen molar-refractivity contribution < 1.29 is 14.3 Å². The van der Waals surface area contributed by atoms with E-state index in [1.807, 2.05) is 36.4 Å². The first-order valence-electron chi connectivity index (χ1n) is 5.66. The summed E-state index contributed by atoms with van der Waals surface area (Å²) in [5.74, 6) is 0.620. The van der Waals surface area contributed by atoms with E-state index in [9.17, 15) is 4.79 Å². The van der Waals surface area contributed by atoms with E-state index < -0.39 is 0 Å². The van der Waals surface area contributed by atoms with Crippen LogP contribution in [0.4, 0.5) is 0 Å². The zero-order valence-corrected chi connectivity index (χ0v) is 10.2. The Kier molecular flexibility index (Phi) is 2.33. The first-order valence-corrected chi connectivity index (χ1v) is 5.66. The molecule has 0 saturated heterocycles. The maximum Gasteiger partial charge on any atom is 0.232 e. The molecule has 0 aliphatic heterocycles. The molecule has 3 rings (SSSR count). The second-order valence-electron chi connectivity index (χ2n) is 4.13. The molecule has 0 amide bonds. The molecule has 0 fully saturated rings. The van der Waals surface area contributed by atoms with Crippen LogP contribution in [0.25, 0.3) is 11.6 Å². The molecule has 18 heavy (non-hydrogen) atoms. The number of ether oxygens (including phenoxy) is 2. The first kappa shape index (κ1) is 10.8. The molecule has 0 aromatic heterocycles. The summed E-state index contributed by atoms with van der Waals surface area (Å²) in [7, 11) is 3.02. The van der Waals surface area contributed by atoms with Gasteiger partial charge in [0.2, 0.25) is 11.5 Å². The number of hydrogen-bond donors (Lipinski definition) is 0. The number of hydrogen-bond acceptors (Lipinski definition) is 3. The van der Waals surface area contributed by atoms with Crippen LogP contribution in [-0.4, -0.2) is 20.0 Å². The predicted molar refractivity (Wildman–Crippen MR) is 68.4 cm³/mol. The molecule has 0 radical (unpaired) electrons. The molecule has 0 spiro atoms. The standard InChI is InChI=1S/C15H12O3/c1-17-13-8-11-10-6-4-3-5-9(10)7-12(11)14(16)15(13)18-2/h3-8H,1-2H3. The molecule has 0 heterocycles. The largest absolute Gasteiger partial charge is 0.493 e. The second-order valence-corrected chi connectivity index (χ2v) is 4.13. The molecular formula is C15H12O3. The highest BCUT2D eigenvalue weighted by Gasteiger charge is 2.32. The number of ketones is 1. The molecule has 0 bridgehead atoms. The van der Waals surface area contributed by atoms with Crippen LogP contribution >= 0.6 is 0 Å². The van der Waals surface area contributed by atoms with Crippen LogP contribution in [0.15, 0.2) is 47.4 Å². The highest BCUT2D eigenvalue weighted by atomic mass is 16.5. The topological polar surface area (TPSA) is 35.5 Å². The van der Waals surface area contributed by atoms with Gasteiger partial charge in [0, 0.05) is 5.57 Å². The Morgan fingerprint density at radius 3 is 2.44 bits per heavy atom. The minimum atomic E-state index is -0.122. The third-order valence-corrected chi connectivity index (χ3v) is 3.22. The highest BCUT2D eigenvalue weighted by Crippen LogP contribution is 2.41. The summed E-state index contributed by atoms with van der Waals surface area (Å²) in [6, 6.07) is 7.92. The Morgan fingerprint density at radius 2 is 1.72 bits per heavy atom. The van der Waals surface area contributed by atoms with Crippen molar-refractivity contribution in [1.29, 1.82) is 0 Å². The van der Waals surface area contributed by atoms with Crippen molar-refractivity contribution in [2.75, 3.05) is 14.2 Å². The fourth-order valence-corrected chi connectivity index (χ4v) is 2.37. The van der Waals surface area contributed by atoms with Gasteiger partial charge in [-0.1, -0.05) is 24.3 Å². The molecule has 1 aromatic carbocycles. The zero-order valence-electron chi connectivity index (χ0n) is 10.2. The summed E-state index contributed by atoms with van der Waals surface area (Å²) in [4.78, 5) is 12.3. The molecule has 0 unspecified atom stereocenters. The van der Waals surface area contributed by atoms with Crippen molar-refractivity contribution in [3.63, 3.8) is 0 Å². The second kappa shape index (κ2) is 3.88. The van der Waals surface area contributed by atoms with Crippen molar-refractivity contribution in [3.8, 4) is 0 Å². The van der Waals surface area contributed by atoms with Crippen LogP contribution in [-0.2, 0) is 14.3 Å². The highest BCUT2D eigenvalue weighted by molar-refractivity contribution is 6.25. The number of allylic oxidation sites excluding steroid dienone is 3. The van der Waals surface area contributed by atoms with Gasteiger partial charge in [-0.3, -0.25) is 4.79 Å². The lowest BCUT2D eigenvalue weighted by molar-refractivity contribution is -0.115. The summed E-state index contributed by atoms with van der Waals surface area (Å²) < 4.78 is 10.4. The number of Topliss-reactive ketones (excluding diaryl/α,β-unsaturated/α-hetero) is 1. The molecule has 3 nitrogen and oxygen atoms in total. The molecule has 2 aliphatic carbocycles. The lowest BCUT2D eigenvalue weighted by atomic mass is 9.94. The smallest absolute Gasteiger partial charge is 0.232 e. The van der Waals surface area contributed by atoms with Crippen LogP contribution in [0.1, 0.15) is 11.1 Å². The van der Waals surface area contributed by atoms with E-state index in [2.05, 4.69) is 0 Å². The van der Waals surface area contributed by atoms with Gasteiger partial charge in [0.05, 0.1) is 14.2 Å². The lowest BCUT2D eigenvalue weighted by Crippen LogP contribution is -2.15.